The van der Waals surface area contributed by atoms with Gasteiger partial charge in [-0.1, -0.05) is 6.07 Å². The Bertz CT molecular complexity index is 372. The van der Waals surface area contributed by atoms with Crippen molar-refractivity contribution in [3.8, 4) is 0 Å². The SMILES string of the molecule is CO[SiH](OC)OC(C)CCc1ccc(F)c(F)c1. The van der Waals surface area contributed by atoms with E-state index in [4.69, 9.17) is 13.3 Å². The summed E-state index contributed by atoms with van der Waals surface area (Å²) in [5, 5.41) is 0. The zero-order valence-electron chi connectivity index (χ0n) is 10.8. The average Bonchev–Trinajstić information content (AvgIpc) is 2.37. The highest BCUT2D eigenvalue weighted by Crippen LogP contribution is 2.12. The molecule has 1 aromatic rings. The van der Waals surface area contributed by atoms with E-state index >= 15 is 0 Å². The molecule has 0 heterocycles. The minimum absolute atomic E-state index is 0.0466. The van der Waals surface area contributed by atoms with E-state index in [0.717, 1.165) is 11.6 Å². The van der Waals surface area contributed by atoms with Gasteiger partial charge in [0.2, 0.25) is 0 Å². The first-order chi connectivity index (χ1) is 8.56. The lowest BCUT2D eigenvalue weighted by molar-refractivity contribution is 0.0908. The molecule has 0 aliphatic rings. The topological polar surface area (TPSA) is 27.7 Å². The Hall–Kier alpha value is -0.823. The first-order valence-corrected chi connectivity index (χ1v) is 7.13. The molecule has 102 valence electrons. The standard InChI is InChI=1S/C12H18F2O3Si/c1-9(17-18(15-2)16-3)4-5-10-6-7-11(13)12(14)8-10/h6-9,18H,4-5H2,1-3H3. The summed E-state index contributed by atoms with van der Waals surface area (Å²) >= 11 is 0. The molecule has 6 heteroatoms. The number of hydrogen-bond donors (Lipinski definition) is 0. The van der Waals surface area contributed by atoms with Gasteiger partial charge >= 0.3 is 9.53 Å². The van der Waals surface area contributed by atoms with E-state index < -0.39 is 21.2 Å². The van der Waals surface area contributed by atoms with Crippen molar-refractivity contribution in [2.75, 3.05) is 14.2 Å². The molecule has 1 rings (SSSR count). The number of hydrogen-bond acceptors (Lipinski definition) is 3. The van der Waals surface area contributed by atoms with E-state index in [9.17, 15) is 8.78 Å². The monoisotopic (exact) mass is 276 g/mol. The molecule has 0 bridgehead atoms. The maximum atomic E-state index is 13.0. The number of benzene rings is 1. The molecule has 1 unspecified atom stereocenters. The Balaban J connectivity index is 2.42. The van der Waals surface area contributed by atoms with Crippen molar-refractivity contribution in [2.24, 2.45) is 0 Å². The largest absolute Gasteiger partial charge is 0.483 e. The summed E-state index contributed by atoms with van der Waals surface area (Å²) in [6.45, 7) is 1.90. The van der Waals surface area contributed by atoms with E-state index in [-0.39, 0.29) is 6.10 Å². The second kappa shape index (κ2) is 7.58. The summed E-state index contributed by atoms with van der Waals surface area (Å²) in [6.07, 6.45) is 1.27. The lowest BCUT2D eigenvalue weighted by atomic mass is 10.1. The van der Waals surface area contributed by atoms with Crippen molar-refractivity contribution >= 4 is 9.53 Å². The van der Waals surface area contributed by atoms with Crippen LogP contribution in [0.5, 0.6) is 0 Å². The Morgan fingerprint density at radius 1 is 1.17 bits per heavy atom. The fraction of sp³-hybridized carbons (Fsp3) is 0.500. The van der Waals surface area contributed by atoms with Gasteiger partial charge in [0, 0.05) is 20.3 Å². The van der Waals surface area contributed by atoms with Crippen LogP contribution in [0, 0.1) is 11.6 Å². The molecule has 0 N–H and O–H groups in total. The van der Waals surface area contributed by atoms with E-state index in [1.54, 1.807) is 20.3 Å². The van der Waals surface area contributed by atoms with Crippen LogP contribution in [0.4, 0.5) is 8.78 Å². The Kier molecular flexibility index (Phi) is 6.41. The first kappa shape index (κ1) is 15.2. The highest BCUT2D eigenvalue weighted by molar-refractivity contribution is 6.36. The quantitative estimate of drug-likeness (QED) is 0.715. The van der Waals surface area contributed by atoms with Crippen LogP contribution in [0.2, 0.25) is 0 Å². The van der Waals surface area contributed by atoms with E-state index in [1.165, 1.54) is 6.07 Å². The molecule has 0 aromatic heterocycles. The second-order valence-electron chi connectivity index (χ2n) is 3.99. The predicted octanol–water partition coefficient (Wildman–Crippen LogP) is 2.31. The van der Waals surface area contributed by atoms with Gasteiger partial charge in [0.05, 0.1) is 0 Å². The molecular weight excluding hydrogens is 258 g/mol. The first-order valence-electron chi connectivity index (χ1n) is 5.71. The molecule has 0 spiro atoms. The van der Waals surface area contributed by atoms with Crippen molar-refractivity contribution in [3.63, 3.8) is 0 Å². The number of halogens is 2. The summed E-state index contributed by atoms with van der Waals surface area (Å²) in [4.78, 5) is 0. The van der Waals surface area contributed by atoms with Crippen LogP contribution < -0.4 is 0 Å². The van der Waals surface area contributed by atoms with Gasteiger partial charge in [0.25, 0.3) is 0 Å². The smallest absolute Gasteiger partial charge is 0.379 e. The normalized spacial score (nSPS) is 13.0. The molecule has 0 aliphatic heterocycles. The van der Waals surface area contributed by atoms with Crippen LogP contribution in [0.25, 0.3) is 0 Å². The molecule has 1 aromatic carbocycles. The lowest BCUT2D eigenvalue weighted by Gasteiger charge is -2.17. The fourth-order valence-corrected chi connectivity index (χ4v) is 2.46. The van der Waals surface area contributed by atoms with Crippen molar-refractivity contribution in [2.45, 2.75) is 25.9 Å². The van der Waals surface area contributed by atoms with E-state index in [0.29, 0.717) is 12.8 Å². The van der Waals surface area contributed by atoms with Crippen molar-refractivity contribution in [1.29, 1.82) is 0 Å². The van der Waals surface area contributed by atoms with Crippen LogP contribution in [-0.2, 0) is 19.7 Å². The molecule has 0 saturated heterocycles. The molecular formula is C12H18F2O3Si. The summed E-state index contributed by atoms with van der Waals surface area (Å²) in [7, 11) is 1.06. The third-order valence-corrected chi connectivity index (χ3v) is 4.01. The van der Waals surface area contributed by atoms with Crippen LogP contribution in [0.1, 0.15) is 18.9 Å². The second-order valence-corrected chi connectivity index (χ2v) is 5.79. The molecule has 0 aliphatic carbocycles. The highest BCUT2D eigenvalue weighted by atomic mass is 28.3. The van der Waals surface area contributed by atoms with Gasteiger partial charge < -0.3 is 13.3 Å². The molecule has 0 radical (unpaired) electrons. The van der Waals surface area contributed by atoms with Crippen molar-refractivity contribution in [3.05, 3.63) is 35.4 Å². The zero-order chi connectivity index (χ0) is 13.5. The number of aryl methyl sites for hydroxylation is 1. The van der Waals surface area contributed by atoms with Crippen LogP contribution in [-0.4, -0.2) is 29.9 Å². The van der Waals surface area contributed by atoms with Gasteiger partial charge in [-0.3, -0.25) is 0 Å². The van der Waals surface area contributed by atoms with Gasteiger partial charge in [-0.2, -0.15) is 0 Å². The summed E-state index contributed by atoms with van der Waals surface area (Å²) in [6, 6.07) is 3.92. The predicted molar refractivity (Wildman–Crippen MR) is 66.4 cm³/mol. The Morgan fingerprint density at radius 3 is 2.39 bits per heavy atom. The summed E-state index contributed by atoms with van der Waals surface area (Å²) in [5.41, 5.74) is 0.748. The highest BCUT2D eigenvalue weighted by Gasteiger charge is 2.15. The summed E-state index contributed by atoms with van der Waals surface area (Å²) < 4.78 is 41.4. The minimum Gasteiger partial charge on any atom is -0.379 e. The van der Waals surface area contributed by atoms with Crippen LogP contribution in [0.3, 0.4) is 0 Å². The third kappa shape index (κ3) is 4.81. The van der Waals surface area contributed by atoms with Gasteiger partial charge in [0.15, 0.2) is 11.6 Å². The van der Waals surface area contributed by atoms with Gasteiger partial charge in [-0.05, 0) is 37.5 Å². The molecule has 0 saturated carbocycles. The van der Waals surface area contributed by atoms with Gasteiger partial charge in [0.1, 0.15) is 0 Å². The molecule has 0 amide bonds. The number of rotatable bonds is 7. The fourth-order valence-electron chi connectivity index (χ4n) is 1.53. The van der Waals surface area contributed by atoms with Crippen molar-refractivity contribution in [1.82, 2.24) is 0 Å². The van der Waals surface area contributed by atoms with Crippen LogP contribution >= 0.6 is 0 Å². The molecule has 0 fully saturated rings. The Labute approximate surface area is 108 Å². The molecule has 18 heavy (non-hydrogen) atoms. The maximum absolute atomic E-state index is 13.0. The zero-order valence-corrected chi connectivity index (χ0v) is 11.9. The van der Waals surface area contributed by atoms with E-state index in [1.807, 2.05) is 6.92 Å². The maximum Gasteiger partial charge on any atom is 0.483 e. The van der Waals surface area contributed by atoms with Crippen LogP contribution in [0.15, 0.2) is 18.2 Å². The summed E-state index contributed by atoms with van der Waals surface area (Å²) in [5.74, 6) is -1.64. The third-order valence-electron chi connectivity index (χ3n) is 2.55. The minimum atomic E-state index is -2.03. The molecule has 1 atom stereocenters. The van der Waals surface area contributed by atoms with E-state index in [2.05, 4.69) is 0 Å². The average molecular weight is 276 g/mol. The van der Waals surface area contributed by atoms with Crippen molar-refractivity contribution < 1.29 is 22.1 Å². The molecule has 3 nitrogen and oxygen atoms in total. The Morgan fingerprint density at radius 2 is 1.83 bits per heavy atom. The van der Waals surface area contributed by atoms with Gasteiger partial charge in [-0.25, -0.2) is 8.78 Å². The lowest BCUT2D eigenvalue weighted by Crippen LogP contribution is -2.28. The van der Waals surface area contributed by atoms with Gasteiger partial charge in [-0.15, -0.1) is 0 Å².